The van der Waals surface area contributed by atoms with Gasteiger partial charge in [-0.1, -0.05) is 12.5 Å². The molecule has 0 radical (unpaired) electrons. The van der Waals surface area contributed by atoms with E-state index < -0.39 is 10.0 Å². The minimum absolute atomic E-state index is 0.0415. The van der Waals surface area contributed by atoms with E-state index in [1.807, 2.05) is 0 Å². The van der Waals surface area contributed by atoms with E-state index in [2.05, 4.69) is 10.0 Å². The summed E-state index contributed by atoms with van der Waals surface area (Å²) in [6.45, 7) is 0. The summed E-state index contributed by atoms with van der Waals surface area (Å²) in [7, 11) is -2.21. The fourth-order valence-corrected chi connectivity index (χ4v) is 5.79. The van der Waals surface area contributed by atoms with Crippen LogP contribution in [-0.2, 0) is 14.8 Å². The maximum atomic E-state index is 12.7. The van der Waals surface area contributed by atoms with Gasteiger partial charge in [0.2, 0.25) is 5.91 Å². The lowest BCUT2D eigenvalue weighted by atomic mass is 9.86. The van der Waals surface area contributed by atoms with Gasteiger partial charge in [-0.2, -0.15) is 0 Å². The van der Waals surface area contributed by atoms with Gasteiger partial charge in [0.1, 0.15) is 5.75 Å². The number of sulfonamides is 1. The summed E-state index contributed by atoms with van der Waals surface area (Å²) in [5.41, 5.74) is 0.937. The molecule has 0 saturated heterocycles. The van der Waals surface area contributed by atoms with Crippen LogP contribution >= 0.6 is 0 Å². The summed E-state index contributed by atoms with van der Waals surface area (Å²) in [4.78, 5) is 12.6. The lowest BCUT2D eigenvalue weighted by Crippen LogP contribution is -2.20. The Labute approximate surface area is 171 Å². The van der Waals surface area contributed by atoms with Gasteiger partial charge in [0.05, 0.1) is 12.0 Å². The summed E-state index contributed by atoms with van der Waals surface area (Å²) in [5.74, 6) is 2.56. The van der Waals surface area contributed by atoms with Crippen molar-refractivity contribution < 1.29 is 17.9 Å². The summed E-state index contributed by atoms with van der Waals surface area (Å²) in [6, 6.07) is 13.0. The molecule has 0 aliphatic heterocycles. The van der Waals surface area contributed by atoms with Gasteiger partial charge in [0, 0.05) is 17.8 Å². The standard InChI is InChI=1S/C22H26N2O4S/c1-28-20-9-7-18(8-10-20)24-29(26,27)21-4-2-3-19(14-21)23-22(25)13-17-12-15-5-6-16(17)11-15/h2-4,7-10,14-17,24H,5-6,11-13H2,1H3,(H,23,25)/t15-,16-,17+/m1/s1. The van der Waals surface area contributed by atoms with Crippen molar-refractivity contribution in [2.75, 3.05) is 17.1 Å². The molecule has 2 bridgehead atoms. The van der Waals surface area contributed by atoms with Crippen molar-refractivity contribution in [3.63, 3.8) is 0 Å². The minimum atomic E-state index is -3.76. The van der Waals surface area contributed by atoms with Crippen molar-refractivity contribution in [1.82, 2.24) is 0 Å². The number of carbonyl (C=O) groups excluding carboxylic acids is 1. The summed E-state index contributed by atoms with van der Waals surface area (Å²) >= 11 is 0. The molecule has 2 aliphatic rings. The van der Waals surface area contributed by atoms with Crippen molar-refractivity contribution in [2.45, 2.75) is 37.0 Å². The highest BCUT2D eigenvalue weighted by molar-refractivity contribution is 7.92. The van der Waals surface area contributed by atoms with Crippen molar-refractivity contribution in [1.29, 1.82) is 0 Å². The molecule has 0 spiro atoms. The van der Waals surface area contributed by atoms with Gasteiger partial charge >= 0.3 is 0 Å². The van der Waals surface area contributed by atoms with Gasteiger partial charge in [0.15, 0.2) is 0 Å². The normalized spacial score (nSPS) is 23.0. The van der Waals surface area contributed by atoms with Crippen LogP contribution in [0.4, 0.5) is 11.4 Å². The molecular formula is C22H26N2O4S. The number of ether oxygens (including phenoxy) is 1. The fraction of sp³-hybridized carbons (Fsp3) is 0.409. The molecule has 2 aliphatic carbocycles. The van der Waals surface area contributed by atoms with E-state index in [1.54, 1.807) is 43.5 Å². The van der Waals surface area contributed by atoms with E-state index in [1.165, 1.54) is 31.4 Å². The maximum Gasteiger partial charge on any atom is 0.261 e. The molecule has 0 unspecified atom stereocenters. The Morgan fingerprint density at radius 1 is 1.07 bits per heavy atom. The number of carbonyl (C=O) groups is 1. The van der Waals surface area contributed by atoms with Gasteiger partial charge in [-0.05, 0) is 79.5 Å². The predicted molar refractivity (Wildman–Crippen MR) is 112 cm³/mol. The van der Waals surface area contributed by atoms with Crippen molar-refractivity contribution in [2.24, 2.45) is 17.8 Å². The second-order valence-electron chi connectivity index (χ2n) is 8.05. The fourth-order valence-electron chi connectivity index (χ4n) is 4.69. The number of hydrogen-bond donors (Lipinski definition) is 2. The van der Waals surface area contributed by atoms with Gasteiger partial charge in [0.25, 0.3) is 10.0 Å². The molecule has 0 aromatic heterocycles. The van der Waals surface area contributed by atoms with Crippen LogP contribution in [-0.4, -0.2) is 21.4 Å². The van der Waals surface area contributed by atoms with Crippen LogP contribution in [0, 0.1) is 17.8 Å². The number of nitrogens with one attached hydrogen (secondary N) is 2. The zero-order chi connectivity index (χ0) is 20.4. The second-order valence-corrected chi connectivity index (χ2v) is 9.73. The lowest BCUT2D eigenvalue weighted by Gasteiger charge is -2.21. The van der Waals surface area contributed by atoms with Gasteiger partial charge < -0.3 is 10.1 Å². The highest BCUT2D eigenvalue weighted by Gasteiger charge is 2.40. The second kappa shape index (κ2) is 8.06. The molecule has 2 aromatic carbocycles. The molecule has 2 fully saturated rings. The highest BCUT2D eigenvalue weighted by atomic mass is 32.2. The smallest absolute Gasteiger partial charge is 0.261 e. The average molecular weight is 415 g/mol. The first kappa shape index (κ1) is 19.8. The highest BCUT2D eigenvalue weighted by Crippen LogP contribution is 2.49. The van der Waals surface area contributed by atoms with Crippen LogP contribution in [0.2, 0.25) is 0 Å². The van der Waals surface area contributed by atoms with Crippen LogP contribution in [0.1, 0.15) is 32.1 Å². The van der Waals surface area contributed by atoms with Crippen LogP contribution in [0.15, 0.2) is 53.4 Å². The topological polar surface area (TPSA) is 84.5 Å². The van der Waals surface area contributed by atoms with Crippen molar-refractivity contribution in [3.8, 4) is 5.75 Å². The first-order valence-corrected chi connectivity index (χ1v) is 11.5. The minimum Gasteiger partial charge on any atom is -0.497 e. The molecule has 2 saturated carbocycles. The number of anilines is 2. The zero-order valence-electron chi connectivity index (χ0n) is 16.4. The lowest BCUT2D eigenvalue weighted by molar-refractivity contribution is -0.117. The number of fused-ring (bicyclic) bond motifs is 2. The molecule has 3 atom stereocenters. The van der Waals surface area contributed by atoms with E-state index in [4.69, 9.17) is 4.74 Å². The van der Waals surface area contributed by atoms with E-state index in [-0.39, 0.29) is 10.8 Å². The summed E-state index contributed by atoms with van der Waals surface area (Å²) in [5, 5.41) is 2.87. The summed E-state index contributed by atoms with van der Waals surface area (Å²) in [6.07, 6.45) is 5.49. The van der Waals surface area contributed by atoms with Crippen molar-refractivity contribution >= 4 is 27.3 Å². The van der Waals surface area contributed by atoms with E-state index in [9.17, 15) is 13.2 Å². The van der Waals surface area contributed by atoms with E-state index in [0.29, 0.717) is 35.4 Å². The Morgan fingerprint density at radius 3 is 2.52 bits per heavy atom. The Balaban J connectivity index is 1.41. The third-order valence-electron chi connectivity index (χ3n) is 6.10. The van der Waals surface area contributed by atoms with Gasteiger partial charge in [-0.3, -0.25) is 9.52 Å². The molecule has 2 aromatic rings. The first-order chi connectivity index (χ1) is 13.9. The monoisotopic (exact) mass is 414 g/mol. The molecule has 7 heteroatoms. The molecule has 6 nitrogen and oxygen atoms in total. The quantitative estimate of drug-likeness (QED) is 0.709. The molecular weight excluding hydrogens is 388 g/mol. The van der Waals surface area contributed by atoms with Gasteiger partial charge in [-0.25, -0.2) is 8.42 Å². The average Bonchev–Trinajstić information content (AvgIpc) is 3.31. The predicted octanol–water partition coefficient (Wildman–Crippen LogP) is 4.26. The Hall–Kier alpha value is -2.54. The third kappa shape index (κ3) is 4.56. The molecule has 4 rings (SSSR count). The maximum absolute atomic E-state index is 12.7. The first-order valence-electron chi connectivity index (χ1n) is 10.00. The Morgan fingerprint density at radius 2 is 1.86 bits per heavy atom. The number of amides is 1. The van der Waals surface area contributed by atoms with Gasteiger partial charge in [-0.15, -0.1) is 0 Å². The molecule has 0 heterocycles. The number of hydrogen-bond acceptors (Lipinski definition) is 4. The van der Waals surface area contributed by atoms with Crippen LogP contribution in [0.25, 0.3) is 0 Å². The number of methoxy groups -OCH3 is 1. The number of rotatable bonds is 7. The molecule has 29 heavy (non-hydrogen) atoms. The Kier molecular flexibility index (Phi) is 5.50. The number of benzene rings is 2. The van der Waals surface area contributed by atoms with E-state index in [0.717, 1.165) is 12.3 Å². The SMILES string of the molecule is COc1ccc(NS(=O)(=O)c2cccc(NC(=O)C[C@@H]3C[C@@H]4CC[C@@H]3C4)c2)cc1. The molecule has 1 amide bonds. The molecule has 154 valence electrons. The van der Waals surface area contributed by atoms with Crippen molar-refractivity contribution in [3.05, 3.63) is 48.5 Å². The Bertz CT molecular complexity index is 988. The van der Waals surface area contributed by atoms with Crippen LogP contribution in [0.5, 0.6) is 5.75 Å². The summed E-state index contributed by atoms with van der Waals surface area (Å²) < 4.78 is 33.0. The van der Waals surface area contributed by atoms with Crippen LogP contribution < -0.4 is 14.8 Å². The van der Waals surface area contributed by atoms with E-state index >= 15 is 0 Å². The van der Waals surface area contributed by atoms with Crippen LogP contribution in [0.3, 0.4) is 0 Å². The third-order valence-corrected chi connectivity index (χ3v) is 7.48. The largest absolute Gasteiger partial charge is 0.497 e. The molecule has 2 N–H and O–H groups in total. The zero-order valence-corrected chi connectivity index (χ0v) is 17.2.